The third kappa shape index (κ3) is 3.74. The molecular weight excluding hydrogens is 392 g/mol. The summed E-state index contributed by atoms with van der Waals surface area (Å²) >= 11 is 0. The van der Waals surface area contributed by atoms with E-state index in [-0.39, 0.29) is 24.5 Å². The molecule has 2 fully saturated rings. The van der Waals surface area contributed by atoms with E-state index in [1.165, 1.54) is 22.2 Å². The molecule has 5 nitrogen and oxygen atoms in total. The van der Waals surface area contributed by atoms with Crippen LogP contribution < -0.4 is 20.7 Å². The average Bonchev–Trinajstić information content (AvgIpc) is 3.10. The third-order valence-corrected chi connectivity index (χ3v) is 10.5. The second kappa shape index (κ2) is 7.76. The molecule has 0 unspecified atom stereocenters. The number of halogens is 2. The molecule has 2 heterocycles. The molecule has 0 aromatic heterocycles. The van der Waals surface area contributed by atoms with Gasteiger partial charge in [0.2, 0.25) is 0 Å². The fourth-order valence-electron chi connectivity index (χ4n) is 4.22. The predicted molar refractivity (Wildman–Crippen MR) is 113 cm³/mol. The maximum absolute atomic E-state index is 14.9. The zero-order valence-electron chi connectivity index (χ0n) is 16.4. The lowest BCUT2D eigenvalue weighted by Gasteiger charge is -2.39. The summed E-state index contributed by atoms with van der Waals surface area (Å²) in [6.07, 6.45) is -1.09. The summed E-state index contributed by atoms with van der Waals surface area (Å²) in [7, 11) is -1.64. The number of carbonyl (C=O) groups excluding carboxylic acids is 1. The van der Waals surface area contributed by atoms with Crippen LogP contribution in [0.25, 0.3) is 0 Å². The Bertz CT molecular complexity index is 881. The largest absolute Gasteiger partial charge is 0.443 e. The first-order chi connectivity index (χ1) is 13.9. The van der Waals surface area contributed by atoms with Crippen molar-refractivity contribution in [3.05, 3.63) is 54.1 Å². The molecule has 2 aliphatic heterocycles. The maximum Gasteiger partial charge on any atom is 0.414 e. The van der Waals surface area contributed by atoms with Gasteiger partial charge >= 0.3 is 6.09 Å². The minimum absolute atomic E-state index is 0.0131. The zero-order valence-corrected chi connectivity index (χ0v) is 17.4. The second-order valence-corrected chi connectivity index (χ2v) is 12.7. The molecule has 29 heavy (non-hydrogen) atoms. The number of cyclic esters (lactones) is 1. The molecule has 2 aromatic rings. The number of amides is 1. The zero-order chi connectivity index (χ0) is 20.6. The van der Waals surface area contributed by atoms with Gasteiger partial charge in [0.15, 0.2) is 11.6 Å². The van der Waals surface area contributed by atoms with Crippen molar-refractivity contribution in [3.8, 4) is 0 Å². The first kappa shape index (κ1) is 19.8. The van der Waals surface area contributed by atoms with Gasteiger partial charge in [-0.15, -0.1) is 0 Å². The van der Waals surface area contributed by atoms with E-state index in [1.807, 2.05) is 6.07 Å². The van der Waals surface area contributed by atoms with Crippen LogP contribution in [0.1, 0.15) is 0 Å². The number of carbonyl (C=O) groups is 1. The first-order valence-electron chi connectivity index (χ1n) is 9.89. The van der Waals surface area contributed by atoms with Crippen LogP contribution in [-0.2, 0) is 4.74 Å². The number of hydrogen-bond donors (Lipinski definition) is 1. The number of nitrogens with two attached hydrogens (primary N) is 1. The molecule has 0 saturated carbocycles. The molecule has 154 valence electrons. The fourth-order valence-corrected chi connectivity index (χ4v) is 7.57. The highest BCUT2D eigenvalue weighted by Crippen LogP contribution is 2.34. The molecule has 8 heteroatoms. The van der Waals surface area contributed by atoms with Gasteiger partial charge in [0, 0.05) is 31.8 Å². The average molecular weight is 418 g/mol. The van der Waals surface area contributed by atoms with Crippen molar-refractivity contribution in [1.82, 2.24) is 0 Å². The van der Waals surface area contributed by atoms with Gasteiger partial charge in [0.1, 0.15) is 11.8 Å². The van der Waals surface area contributed by atoms with Gasteiger partial charge in [0.05, 0.1) is 20.3 Å². The summed E-state index contributed by atoms with van der Waals surface area (Å²) in [5, 5.41) is 1.39. The van der Waals surface area contributed by atoms with Crippen LogP contribution in [0.3, 0.4) is 0 Å². The van der Waals surface area contributed by atoms with Crippen LogP contribution >= 0.6 is 0 Å². The van der Waals surface area contributed by atoms with Crippen molar-refractivity contribution in [2.75, 3.05) is 36.0 Å². The standard InChI is InChI=1S/C21H25F2N3O2Si/c1-29(17-5-3-2-4-6-17)9-7-25(8-10-29)20-18(22)11-15(12-19(20)23)26-14-16(13-24)28-21(26)27/h2-6,11-12,16H,7-10,13-14,24H2,1H3/t16-/m0/s1. The Morgan fingerprint density at radius 1 is 1.14 bits per heavy atom. The number of benzene rings is 2. The Morgan fingerprint density at radius 3 is 2.31 bits per heavy atom. The SMILES string of the molecule is C[Si]1(c2ccccc2)CCN(c2c(F)cc(N3C[C@H](CN)OC3=O)cc2F)CC1. The molecule has 1 atom stereocenters. The van der Waals surface area contributed by atoms with Gasteiger partial charge in [-0.05, 0) is 12.1 Å². The summed E-state index contributed by atoms with van der Waals surface area (Å²) in [4.78, 5) is 15.0. The first-order valence-corrected chi connectivity index (χ1v) is 12.8. The summed E-state index contributed by atoms with van der Waals surface area (Å²) in [5.41, 5.74) is 5.67. The van der Waals surface area contributed by atoms with Gasteiger partial charge in [-0.25, -0.2) is 13.6 Å². The Balaban J connectivity index is 1.52. The Kier molecular flexibility index (Phi) is 5.31. The van der Waals surface area contributed by atoms with E-state index in [9.17, 15) is 13.6 Å². The quantitative estimate of drug-likeness (QED) is 0.777. The Labute approximate surface area is 170 Å². The summed E-state index contributed by atoms with van der Waals surface area (Å²) in [5.74, 6) is -1.32. The lowest BCUT2D eigenvalue weighted by molar-refractivity contribution is 0.145. The highest BCUT2D eigenvalue weighted by Gasteiger charge is 2.36. The molecule has 2 aromatic carbocycles. The van der Waals surface area contributed by atoms with Crippen molar-refractivity contribution < 1.29 is 18.3 Å². The predicted octanol–water partition coefficient (Wildman–Crippen LogP) is 3.05. The van der Waals surface area contributed by atoms with E-state index in [0.717, 1.165) is 12.1 Å². The van der Waals surface area contributed by atoms with E-state index >= 15 is 0 Å². The lowest BCUT2D eigenvalue weighted by atomic mass is 10.2. The van der Waals surface area contributed by atoms with Crippen molar-refractivity contribution in [3.63, 3.8) is 0 Å². The van der Waals surface area contributed by atoms with Crippen LogP contribution in [0.15, 0.2) is 42.5 Å². The van der Waals surface area contributed by atoms with E-state index in [2.05, 4.69) is 30.8 Å². The minimum atomic E-state index is -1.64. The molecule has 0 bridgehead atoms. The number of rotatable bonds is 4. The fraction of sp³-hybridized carbons (Fsp3) is 0.381. The van der Waals surface area contributed by atoms with Gasteiger partial charge in [0.25, 0.3) is 0 Å². The topological polar surface area (TPSA) is 58.8 Å². The van der Waals surface area contributed by atoms with Crippen molar-refractivity contribution in [1.29, 1.82) is 0 Å². The van der Waals surface area contributed by atoms with E-state index in [0.29, 0.717) is 13.1 Å². The molecule has 2 N–H and O–H groups in total. The smallest absolute Gasteiger partial charge is 0.414 e. The van der Waals surface area contributed by atoms with Gasteiger partial charge in [-0.1, -0.05) is 42.1 Å². The highest BCUT2D eigenvalue weighted by molar-refractivity contribution is 6.91. The second-order valence-electron chi connectivity index (χ2n) is 8.02. The van der Waals surface area contributed by atoms with Crippen LogP contribution in [0.4, 0.5) is 25.0 Å². The Morgan fingerprint density at radius 2 is 1.76 bits per heavy atom. The number of anilines is 2. The third-order valence-electron chi connectivity index (χ3n) is 6.10. The highest BCUT2D eigenvalue weighted by atomic mass is 28.3. The molecule has 4 rings (SSSR count). The van der Waals surface area contributed by atoms with Crippen molar-refractivity contribution >= 4 is 30.7 Å². The van der Waals surface area contributed by atoms with Crippen LogP contribution in [0.2, 0.25) is 18.6 Å². The van der Waals surface area contributed by atoms with E-state index in [4.69, 9.17) is 10.5 Å². The van der Waals surface area contributed by atoms with Crippen molar-refractivity contribution in [2.45, 2.75) is 24.7 Å². The number of hydrogen-bond acceptors (Lipinski definition) is 4. The Hall–Kier alpha value is -2.45. The van der Waals surface area contributed by atoms with E-state index < -0.39 is 31.9 Å². The molecule has 0 radical (unpaired) electrons. The van der Waals surface area contributed by atoms with Gasteiger partial charge < -0.3 is 15.4 Å². The van der Waals surface area contributed by atoms with Crippen molar-refractivity contribution in [2.24, 2.45) is 5.73 Å². The normalized spacial score (nSPS) is 21.4. The van der Waals surface area contributed by atoms with Gasteiger partial charge in [-0.2, -0.15) is 0 Å². The summed E-state index contributed by atoms with van der Waals surface area (Å²) < 4.78 is 34.9. The van der Waals surface area contributed by atoms with Gasteiger partial charge in [-0.3, -0.25) is 4.90 Å². The van der Waals surface area contributed by atoms with Crippen LogP contribution in [-0.4, -0.2) is 46.5 Å². The number of ether oxygens (including phenoxy) is 1. The van der Waals surface area contributed by atoms with Crippen LogP contribution in [0.5, 0.6) is 0 Å². The summed E-state index contributed by atoms with van der Waals surface area (Å²) in [6.45, 7) is 3.93. The monoisotopic (exact) mass is 417 g/mol. The van der Waals surface area contributed by atoms with E-state index in [1.54, 1.807) is 4.90 Å². The van der Waals surface area contributed by atoms with Crippen LogP contribution in [0, 0.1) is 11.6 Å². The molecule has 1 amide bonds. The minimum Gasteiger partial charge on any atom is -0.443 e. The molecule has 2 aliphatic rings. The molecular formula is C21H25F2N3O2Si. The molecule has 0 aliphatic carbocycles. The number of nitrogens with zero attached hydrogens (tertiary/aromatic N) is 2. The lowest BCUT2D eigenvalue weighted by Crippen LogP contribution is -2.53. The maximum atomic E-state index is 14.9. The summed E-state index contributed by atoms with van der Waals surface area (Å²) in [6, 6.07) is 14.7. The molecule has 0 spiro atoms. The molecule has 2 saturated heterocycles.